The predicted molar refractivity (Wildman–Crippen MR) is 102 cm³/mol. The Morgan fingerprint density at radius 2 is 1.85 bits per heavy atom. The first-order valence-corrected chi connectivity index (χ1v) is 8.72. The molecule has 1 aliphatic heterocycles. The van der Waals surface area contributed by atoms with Crippen molar-refractivity contribution in [3.63, 3.8) is 0 Å². The number of nitrogens with zero attached hydrogens (tertiary/aromatic N) is 4. The van der Waals surface area contributed by atoms with Gasteiger partial charge in [-0.1, -0.05) is 24.3 Å². The summed E-state index contributed by atoms with van der Waals surface area (Å²) >= 11 is 0. The van der Waals surface area contributed by atoms with E-state index in [9.17, 15) is 9.59 Å². The van der Waals surface area contributed by atoms with Crippen molar-refractivity contribution in [1.29, 1.82) is 0 Å². The molecule has 3 heterocycles. The highest BCUT2D eigenvalue weighted by Gasteiger charge is 2.19. The van der Waals surface area contributed by atoms with E-state index in [-0.39, 0.29) is 11.2 Å². The minimum absolute atomic E-state index is 0.284. The van der Waals surface area contributed by atoms with Crippen molar-refractivity contribution in [3.05, 3.63) is 69.0 Å². The highest BCUT2D eigenvalue weighted by molar-refractivity contribution is 5.81. The first kappa shape index (κ1) is 16.5. The summed E-state index contributed by atoms with van der Waals surface area (Å²) in [5.41, 5.74) is 1.61. The van der Waals surface area contributed by atoms with Crippen molar-refractivity contribution in [3.8, 4) is 0 Å². The molecule has 0 unspecified atom stereocenters. The molecular weight excluding hydrogens is 330 g/mol. The maximum atomic E-state index is 11.8. The number of pyridine rings is 1. The Kier molecular flexibility index (Phi) is 4.30. The Bertz CT molecular complexity index is 1010. The quantitative estimate of drug-likeness (QED) is 0.760. The summed E-state index contributed by atoms with van der Waals surface area (Å²) in [4.78, 5) is 35.4. The molecule has 7 heteroatoms. The van der Waals surface area contributed by atoms with Crippen molar-refractivity contribution in [2.45, 2.75) is 6.54 Å². The zero-order valence-electron chi connectivity index (χ0n) is 14.7. The average Bonchev–Trinajstić information content (AvgIpc) is 2.67. The van der Waals surface area contributed by atoms with Crippen LogP contribution in [0, 0.1) is 0 Å². The number of H-pyrrole nitrogens is 1. The molecule has 1 fully saturated rings. The van der Waals surface area contributed by atoms with Crippen LogP contribution in [0.3, 0.4) is 0 Å². The van der Waals surface area contributed by atoms with E-state index in [2.05, 4.69) is 44.0 Å². The lowest BCUT2D eigenvalue weighted by Crippen LogP contribution is -2.47. The number of para-hydroxylation sites is 1. The van der Waals surface area contributed by atoms with E-state index in [4.69, 9.17) is 0 Å². The van der Waals surface area contributed by atoms with Crippen LogP contribution in [0.25, 0.3) is 10.9 Å². The fourth-order valence-corrected chi connectivity index (χ4v) is 3.40. The van der Waals surface area contributed by atoms with Crippen molar-refractivity contribution < 1.29 is 0 Å². The molecule has 2 aromatic heterocycles. The zero-order valence-corrected chi connectivity index (χ0v) is 14.7. The van der Waals surface area contributed by atoms with Crippen LogP contribution in [0.4, 0.5) is 5.82 Å². The molecule has 0 spiro atoms. The smallest absolute Gasteiger partial charge is 0.329 e. The lowest BCUT2D eigenvalue weighted by Gasteiger charge is -2.35. The summed E-state index contributed by atoms with van der Waals surface area (Å²) in [7, 11) is 1.47. The van der Waals surface area contributed by atoms with Crippen molar-refractivity contribution in [2.75, 3.05) is 31.1 Å². The molecule has 134 valence electrons. The number of anilines is 1. The second-order valence-corrected chi connectivity index (χ2v) is 6.61. The monoisotopic (exact) mass is 351 g/mol. The molecule has 4 rings (SSSR count). The van der Waals surface area contributed by atoms with E-state index >= 15 is 0 Å². The molecular formula is C19H21N5O2. The molecule has 0 aliphatic carbocycles. The molecule has 0 bridgehead atoms. The van der Waals surface area contributed by atoms with Crippen LogP contribution >= 0.6 is 0 Å². The summed E-state index contributed by atoms with van der Waals surface area (Å²) in [5, 5.41) is 1.15. The molecule has 0 radical (unpaired) electrons. The number of rotatable bonds is 3. The molecule has 1 saturated heterocycles. The Morgan fingerprint density at radius 1 is 1.08 bits per heavy atom. The fourth-order valence-electron chi connectivity index (χ4n) is 3.40. The van der Waals surface area contributed by atoms with Crippen molar-refractivity contribution in [2.24, 2.45) is 7.05 Å². The number of benzene rings is 1. The van der Waals surface area contributed by atoms with Crippen LogP contribution < -0.4 is 16.1 Å². The Balaban J connectivity index is 1.47. The minimum Gasteiger partial charge on any atom is -0.355 e. The third kappa shape index (κ3) is 3.13. The summed E-state index contributed by atoms with van der Waals surface area (Å²) in [6.07, 6.45) is 1.83. The number of hydrogen-bond acceptors (Lipinski definition) is 5. The summed E-state index contributed by atoms with van der Waals surface area (Å²) in [6, 6.07) is 11.8. The van der Waals surface area contributed by atoms with Gasteiger partial charge < -0.3 is 4.90 Å². The highest BCUT2D eigenvalue weighted by atomic mass is 16.2. The molecule has 26 heavy (non-hydrogen) atoms. The lowest BCUT2D eigenvalue weighted by molar-refractivity contribution is 0.250. The molecule has 0 amide bonds. The van der Waals surface area contributed by atoms with Crippen LogP contribution in [0.5, 0.6) is 0 Å². The number of hydrogen-bond donors (Lipinski definition) is 1. The first-order chi connectivity index (χ1) is 12.6. The second kappa shape index (κ2) is 6.76. The Hall–Kier alpha value is -2.93. The molecule has 7 nitrogen and oxygen atoms in total. The van der Waals surface area contributed by atoms with Crippen LogP contribution in [0.2, 0.25) is 0 Å². The normalized spacial score (nSPS) is 15.5. The minimum atomic E-state index is -0.378. The van der Waals surface area contributed by atoms with Gasteiger partial charge >= 0.3 is 5.69 Å². The number of aromatic nitrogens is 3. The third-order valence-corrected chi connectivity index (χ3v) is 4.95. The van der Waals surface area contributed by atoms with Gasteiger partial charge in [0.05, 0.1) is 5.52 Å². The molecule has 1 aromatic carbocycles. The Labute approximate surface area is 150 Å². The average molecular weight is 351 g/mol. The van der Waals surface area contributed by atoms with E-state index < -0.39 is 0 Å². The summed E-state index contributed by atoms with van der Waals surface area (Å²) in [6.45, 7) is 4.10. The van der Waals surface area contributed by atoms with Gasteiger partial charge in [-0.15, -0.1) is 0 Å². The van der Waals surface area contributed by atoms with Gasteiger partial charge in [0.1, 0.15) is 5.82 Å². The maximum Gasteiger partial charge on any atom is 0.329 e. The number of nitrogens with one attached hydrogen (secondary N) is 1. The summed E-state index contributed by atoms with van der Waals surface area (Å²) < 4.78 is 1.08. The lowest BCUT2D eigenvalue weighted by atomic mass is 10.1. The maximum absolute atomic E-state index is 11.8. The van der Waals surface area contributed by atoms with E-state index in [1.54, 1.807) is 0 Å². The van der Waals surface area contributed by atoms with Crippen molar-refractivity contribution in [1.82, 2.24) is 19.4 Å². The van der Waals surface area contributed by atoms with E-state index in [1.807, 2.05) is 12.3 Å². The predicted octanol–water partition coefficient (Wildman–Crippen LogP) is 0.944. The fraction of sp³-hybridized carbons (Fsp3) is 0.316. The van der Waals surface area contributed by atoms with Crippen LogP contribution in [0.1, 0.15) is 5.56 Å². The molecule has 0 atom stereocenters. The molecule has 3 aromatic rings. The number of piperazine rings is 1. The van der Waals surface area contributed by atoms with Gasteiger partial charge in [0.2, 0.25) is 0 Å². The van der Waals surface area contributed by atoms with Gasteiger partial charge in [0.25, 0.3) is 5.56 Å². The van der Waals surface area contributed by atoms with E-state index in [0.717, 1.165) is 48.2 Å². The standard InChI is InChI=1S/C19H21N5O2/c1-22-17(25)12-16(21-19(22)26)24-10-8-23(9-11-24)13-15-5-2-4-14-6-3-7-20-18(14)15/h2-7,12H,8-11,13H2,1H3,(H,21,26). The molecule has 1 N–H and O–H groups in total. The Morgan fingerprint density at radius 3 is 2.62 bits per heavy atom. The van der Waals surface area contributed by atoms with Gasteiger partial charge in [-0.25, -0.2) is 4.79 Å². The largest absolute Gasteiger partial charge is 0.355 e. The van der Waals surface area contributed by atoms with Gasteiger partial charge in [-0.3, -0.25) is 24.2 Å². The molecule has 1 aliphatic rings. The number of fused-ring (bicyclic) bond motifs is 1. The zero-order chi connectivity index (χ0) is 18.1. The van der Waals surface area contributed by atoms with Crippen LogP contribution in [0.15, 0.2) is 52.2 Å². The summed E-state index contributed by atoms with van der Waals surface area (Å²) in [5.74, 6) is 0.601. The van der Waals surface area contributed by atoms with Gasteiger partial charge in [0, 0.05) is 57.4 Å². The molecule has 0 saturated carbocycles. The van der Waals surface area contributed by atoms with E-state index in [0.29, 0.717) is 5.82 Å². The van der Waals surface area contributed by atoms with E-state index in [1.165, 1.54) is 18.7 Å². The van der Waals surface area contributed by atoms with Crippen molar-refractivity contribution >= 4 is 16.7 Å². The van der Waals surface area contributed by atoms with Crippen LogP contribution in [-0.2, 0) is 13.6 Å². The van der Waals surface area contributed by atoms with Gasteiger partial charge in [0.15, 0.2) is 0 Å². The van der Waals surface area contributed by atoms with Crippen LogP contribution in [-0.4, -0.2) is 45.6 Å². The van der Waals surface area contributed by atoms with Gasteiger partial charge in [-0.05, 0) is 11.6 Å². The highest BCUT2D eigenvalue weighted by Crippen LogP contribution is 2.19. The van der Waals surface area contributed by atoms with Gasteiger partial charge in [-0.2, -0.15) is 0 Å². The second-order valence-electron chi connectivity index (χ2n) is 6.61. The third-order valence-electron chi connectivity index (χ3n) is 4.95. The SMILES string of the molecule is Cn1c(=O)cc(N2CCN(Cc3cccc4cccnc34)CC2)[nH]c1=O. The topological polar surface area (TPSA) is 74.2 Å². The first-order valence-electron chi connectivity index (χ1n) is 8.72. The number of aromatic amines is 1.